The third-order valence-corrected chi connectivity index (χ3v) is 8.10. The number of nitrogens with one attached hydrogen (secondary N) is 1. The van der Waals surface area contributed by atoms with Crippen molar-refractivity contribution in [1.29, 1.82) is 0 Å². The van der Waals surface area contributed by atoms with E-state index in [9.17, 15) is 22.8 Å². The first-order valence-electron chi connectivity index (χ1n) is 12.3. The average Bonchev–Trinajstić information content (AvgIpc) is 3.67. The van der Waals surface area contributed by atoms with Crippen LogP contribution >= 0.6 is 22.9 Å². The number of thiophene rings is 1. The summed E-state index contributed by atoms with van der Waals surface area (Å²) in [6, 6.07) is 3.90. The number of primary amides is 1. The van der Waals surface area contributed by atoms with Crippen molar-refractivity contribution in [3.63, 3.8) is 0 Å². The molecule has 0 aromatic carbocycles. The third kappa shape index (κ3) is 5.20. The maximum Gasteiger partial charge on any atom is 0.433 e. The van der Waals surface area contributed by atoms with Gasteiger partial charge >= 0.3 is 6.18 Å². The van der Waals surface area contributed by atoms with Gasteiger partial charge in [-0.05, 0) is 51.5 Å². The fourth-order valence-corrected chi connectivity index (χ4v) is 5.57. The lowest BCUT2D eigenvalue weighted by Gasteiger charge is -2.11. The molecule has 10 nitrogen and oxygen atoms in total. The fraction of sp³-hybridized carbons (Fsp3) is 0.269. The summed E-state index contributed by atoms with van der Waals surface area (Å²) < 4.78 is 50.4. The summed E-state index contributed by atoms with van der Waals surface area (Å²) in [5.74, 6) is -1.37. The zero-order valence-electron chi connectivity index (χ0n) is 22.2. The van der Waals surface area contributed by atoms with Gasteiger partial charge < -0.3 is 15.5 Å². The molecule has 41 heavy (non-hydrogen) atoms. The lowest BCUT2D eigenvalue weighted by molar-refractivity contribution is -0.140. The minimum absolute atomic E-state index is 0.0642. The molecule has 5 rings (SSSR count). The van der Waals surface area contributed by atoms with Crippen LogP contribution in [-0.2, 0) is 19.3 Å². The molecule has 0 saturated heterocycles. The van der Waals surface area contributed by atoms with E-state index in [-0.39, 0.29) is 38.6 Å². The normalized spacial score (nSPS) is 11.9. The Morgan fingerprint density at radius 3 is 2.46 bits per heavy atom. The van der Waals surface area contributed by atoms with E-state index in [1.165, 1.54) is 6.07 Å². The lowest BCUT2D eigenvalue weighted by atomic mass is 10.0. The van der Waals surface area contributed by atoms with Gasteiger partial charge in [0.05, 0.1) is 34.3 Å². The first kappa shape index (κ1) is 28.4. The number of amides is 2. The second-order valence-electron chi connectivity index (χ2n) is 9.25. The second-order valence-corrected chi connectivity index (χ2v) is 10.6. The number of pyridine rings is 1. The number of aromatic nitrogens is 5. The van der Waals surface area contributed by atoms with Gasteiger partial charge in [-0.2, -0.15) is 23.4 Å². The Hall–Kier alpha value is -4.17. The smallest absolute Gasteiger partial charge is 0.433 e. The van der Waals surface area contributed by atoms with Crippen LogP contribution in [0.15, 0.2) is 28.8 Å². The van der Waals surface area contributed by atoms with Crippen molar-refractivity contribution < 1.29 is 27.2 Å². The zero-order chi connectivity index (χ0) is 29.8. The van der Waals surface area contributed by atoms with Gasteiger partial charge in [0, 0.05) is 23.7 Å². The Bertz CT molecular complexity index is 1830. The summed E-state index contributed by atoms with van der Waals surface area (Å²) in [5, 5.41) is 12.0. The second kappa shape index (κ2) is 10.3. The van der Waals surface area contributed by atoms with Crippen LogP contribution in [0.3, 0.4) is 0 Å². The molecule has 2 amide bonds. The molecule has 0 fully saturated rings. The maximum atomic E-state index is 13.8. The number of nitrogens with zero attached hydrogens (tertiary/aromatic N) is 5. The molecular weight excluding hydrogens is 583 g/mol. The van der Waals surface area contributed by atoms with E-state index < -0.39 is 23.7 Å². The monoisotopic (exact) mass is 605 g/mol. The van der Waals surface area contributed by atoms with Gasteiger partial charge in [-0.15, -0.1) is 11.3 Å². The molecule has 214 valence electrons. The van der Waals surface area contributed by atoms with Crippen molar-refractivity contribution in [3.05, 3.63) is 68.6 Å². The van der Waals surface area contributed by atoms with Gasteiger partial charge in [0.1, 0.15) is 21.2 Å². The lowest BCUT2D eigenvalue weighted by Crippen LogP contribution is -2.16. The van der Waals surface area contributed by atoms with Crippen molar-refractivity contribution in [3.8, 4) is 11.1 Å². The zero-order valence-corrected chi connectivity index (χ0v) is 23.8. The van der Waals surface area contributed by atoms with E-state index in [1.54, 1.807) is 42.4 Å². The van der Waals surface area contributed by atoms with Gasteiger partial charge in [-0.25, -0.2) is 4.98 Å². The summed E-state index contributed by atoms with van der Waals surface area (Å²) >= 11 is 6.87. The van der Waals surface area contributed by atoms with Gasteiger partial charge in [0.25, 0.3) is 11.8 Å². The van der Waals surface area contributed by atoms with Crippen molar-refractivity contribution >= 4 is 50.7 Å². The molecule has 0 aliphatic rings. The molecule has 5 aromatic rings. The molecule has 5 heterocycles. The summed E-state index contributed by atoms with van der Waals surface area (Å²) in [6.45, 7) is 7.74. The molecule has 0 aliphatic carbocycles. The fourth-order valence-electron chi connectivity index (χ4n) is 4.43. The van der Waals surface area contributed by atoms with Crippen LogP contribution in [0.5, 0.6) is 0 Å². The van der Waals surface area contributed by atoms with Crippen LogP contribution in [0.25, 0.3) is 21.3 Å². The number of carbonyl (C=O) groups excluding carboxylic acids is 2. The number of alkyl halides is 3. The molecule has 0 unspecified atom stereocenters. The molecule has 0 radical (unpaired) electrons. The van der Waals surface area contributed by atoms with E-state index in [0.29, 0.717) is 45.6 Å². The molecule has 3 N–H and O–H groups in total. The summed E-state index contributed by atoms with van der Waals surface area (Å²) in [4.78, 5) is 29.2. The standard InChI is InChI=1S/C26H23ClF3N7O3S/c1-5-36-10-16(11(2)34-36)15-8-18(26(28,29)30)32-25-19(15)21(22(41-25)23(31)38)33-24(39)17-7-6-14(40-17)9-37-13(4)20(27)12(3)35-37/h6-8,10H,5,9H2,1-4H3,(H2,31,38)(H,33,39). The van der Waals surface area contributed by atoms with Crippen LogP contribution < -0.4 is 11.1 Å². The number of halogens is 4. The van der Waals surface area contributed by atoms with E-state index in [2.05, 4.69) is 20.5 Å². The number of rotatable bonds is 7. The molecule has 0 spiro atoms. The van der Waals surface area contributed by atoms with E-state index in [4.69, 9.17) is 21.8 Å². The number of nitrogens with two attached hydrogens (primary N) is 1. The van der Waals surface area contributed by atoms with Crippen molar-refractivity contribution in [2.75, 3.05) is 5.32 Å². The predicted octanol–water partition coefficient (Wildman–Crippen LogP) is 5.97. The molecule has 0 atom stereocenters. The number of carbonyl (C=O) groups is 2. The minimum atomic E-state index is -4.77. The number of furan rings is 1. The highest BCUT2D eigenvalue weighted by atomic mass is 35.5. The van der Waals surface area contributed by atoms with Crippen molar-refractivity contribution in [1.82, 2.24) is 24.5 Å². The first-order valence-corrected chi connectivity index (χ1v) is 13.5. The van der Waals surface area contributed by atoms with Crippen LogP contribution in [-0.4, -0.2) is 36.4 Å². The Balaban J connectivity index is 1.59. The van der Waals surface area contributed by atoms with Crippen LogP contribution in [0.2, 0.25) is 5.02 Å². The Labute approximate surface area is 239 Å². The topological polar surface area (TPSA) is 134 Å². The predicted molar refractivity (Wildman–Crippen MR) is 147 cm³/mol. The molecule has 5 aromatic heterocycles. The van der Waals surface area contributed by atoms with Crippen LogP contribution in [0.4, 0.5) is 18.9 Å². The first-order chi connectivity index (χ1) is 19.3. The van der Waals surface area contributed by atoms with Crippen LogP contribution in [0.1, 0.15) is 55.7 Å². The SMILES string of the molecule is CCn1cc(-c2cc(C(F)(F)F)nc3sc(C(N)=O)c(NC(=O)c4ccc(Cn5nc(C)c(Cl)c5C)o4)c23)c(C)n1. The van der Waals surface area contributed by atoms with E-state index >= 15 is 0 Å². The molecular formula is C26H23ClF3N7O3S. The summed E-state index contributed by atoms with van der Waals surface area (Å²) in [7, 11) is 0. The van der Waals surface area contributed by atoms with Crippen molar-refractivity contribution in [2.45, 2.75) is 47.0 Å². The maximum absolute atomic E-state index is 13.8. The van der Waals surface area contributed by atoms with Gasteiger partial charge in [-0.1, -0.05) is 11.6 Å². The Kier molecular flexibility index (Phi) is 7.15. The quantitative estimate of drug-likeness (QED) is 0.235. The Morgan fingerprint density at radius 2 is 1.88 bits per heavy atom. The van der Waals surface area contributed by atoms with Gasteiger partial charge in [0.15, 0.2) is 5.76 Å². The molecule has 0 aliphatic heterocycles. The highest BCUT2D eigenvalue weighted by molar-refractivity contribution is 7.21. The summed E-state index contributed by atoms with van der Waals surface area (Å²) in [5.41, 5.74) is 6.68. The molecule has 0 bridgehead atoms. The van der Waals surface area contributed by atoms with Crippen LogP contribution in [0, 0.1) is 20.8 Å². The highest BCUT2D eigenvalue weighted by Gasteiger charge is 2.35. The number of fused-ring (bicyclic) bond motifs is 1. The highest BCUT2D eigenvalue weighted by Crippen LogP contribution is 2.44. The molecule has 0 saturated carbocycles. The number of hydrogen-bond acceptors (Lipinski definition) is 7. The average molecular weight is 606 g/mol. The number of hydrogen-bond donors (Lipinski definition) is 2. The number of anilines is 1. The third-order valence-electron chi connectivity index (χ3n) is 6.46. The van der Waals surface area contributed by atoms with Gasteiger partial charge in [0.2, 0.25) is 0 Å². The van der Waals surface area contributed by atoms with E-state index in [1.807, 2.05) is 6.92 Å². The largest absolute Gasteiger partial charge is 0.454 e. The summed E-state index contributed by atoms with van der Waals surface area (Å²) in [6.07, 6.45) is -3.17. The number of aryl methyl sites for hydroxylation is 3. The van der Waals surface area contributed by atoms with Gasteiger partial charge in [-0.3, -0.25) is 19.0 Å². The molecule has 15 heteroatoms. The van der Waals surface area contributed by atoms with Crippen molar-refractivity contribution in [2.24, 2.45) is 5.73 Å². The van der Waals surface area contributed by atoms with E-state index in [0.717, 1.165) is 11.8 Å². The minimum Gasteiger partial charge on any atom is -0.454 e. The Morgan fingerprint density at radius 1 is 1.15 bits per heavy atom.